The largest absolute Gasteiger partial charge is 0.495 e. The molecule has 40 heavy (non-hydrogen) atoms. The Hall–Kier alpha value is -3.56. The Morgan fingerprint density at radius 2 is 1.70 bits per heavy atom. The number of carbonyl (C=O) groups excluding carboxylic acids is 2. The van der Waals surface area contributed by atoms with Gasteiger partial charge in [-0.15, -0.1) is 0 Å². The normalized spacial score (nSPS) is 11.9. The standard InChI is InChI=1S/C30H36ClN3O5S/c1-22-11-8-9-14-24(22)21-33(27(30(36)32-2)19-23-12-6-5-7-13-23)29(35)15-10-18-34(40(4,37)38)25-16-17-28(39-3)26(31)20-25/h5-9,11-14,16-17,20,27H,10,15,18-19,21H2,1-4H3,(H,32,36)/t27-/m1/s1. The fourth-order valence-corrected chi connectivity index (χ4v) is 5.72. The monoisotopic (exact) mass is 585 g/mol. The summed E-state index contributed by atoms with van der Waals surface area (Å²) in [6.45, 7) is 2.28. The quantitative estimate of drug-likeness (QED) is 0.317. The summed E-state index contributed by atoms with van der Waals surface area (Å²) in [5.41, 5.74) is 3.25. The van der Waals surface area contributed by atoms with E-state index in [2.05, 4.69) is 5.32 Å². The molecular formula is C30H36ClN3O5S. The third-order valence-corrected chi connectivity index (χ3v) is 8.18. The summed E-state index contributed by atoms with van der Waals surface area (Å²) in [7, 11) is -0.620. The third-order valence-electron chi connectivity index (χ3n) is 6.69. The van der Waals surface area contributed by atoms with Gasteiger partial charge in [0.2, 0.25) is 21.8 Å². The van der Waals surface area contributed by atoms with Crippen molar-refractivity contribution in [3.05, 3.63) is 94.5 Å². The van der Waals surface area contributed by atoms with E-state index in [4.69, 9.17) is 16.3 Å². The third kappa shape index (κ3) is 8.22. The van der Waals surface area contributed by atoms with Gasteiger partial charge in [0, 0.05) is 33.0 Å². The fourth-order valence-electron chi connectivity index (χ4n) is 4.51. The predicted octanol–water partition coefficient (Wildman–Crippen LogP) is 4.59. The van der Waals surface area contributed by atoms with Crippen molar-refractivity contribution >= 4 is 39.1 Å². The first-order valence-corrected chi connectivity index (χ1v) is 15.2. The molecule has 0 bridgehead atoms. The molecule has 0 unspecified atom stereocenters. The summed E-state index contributed by atoms with van der Waals surface area (Å²) in [5, 5.41) is 2.99. The minimum Gasteiger partial charge on any atom is -0.495 e. The van der Waals surface area contributed by atoms with Crippen LogP contribution in [0, 0.1) is 6.92 Å². The van der Waals surface area contributed by atoms with Gasteiger partial charge in [-0.1, -0.05) is 66.2 Å². The number of halogens is 1. The first-order valence-electron chi connectivity index (χ1n) is 13.0. The van der Waals surface area contributed by atoms with E-state index in [0.29, 0.717) is 17.9 Å². The smallest absolute Gasteiger partial charge is 0.242 e. The summed E-state index contributed by atoms with van der Waals surface area (Å²) in [6, 6.07) is 21.3. The van der Waals surface area contributed by atoms with Gasteiger partial charge < -0.3 is 15.0 Å². The first-order chi connectivity index (χ1) is 19.0. The van der Waals surface area contributed by atoms with E-state index in [1.807, 2.05) is 61.5 Å². The van der Waals surface area contributed by atoms with Crippen LogP contribution in [-0.4, -0.2) is 58.1 Å². The first kappa shape index (κ1) is 31.0. The molecule has 1 atom stereocenters. The van der Waals surface area contributed by atoms with Gasteiger partial charge in [-0.3, -0.25) is 13.9 Å². The maximum Gasteiger partial charge on any atom is 0.242 e. The van der Waals surface area contributed by atoms with Crippen LogP contribution in [0.15, 0.2) is 72.8 Å². The van der Waals surface area contributed by atoms with Crippen molar-refractivity contribution in [1.29, 1.82) is 0 Å². The van der Waals surface area contributed by atoms with Gasteiger partial charge in [-0.05, 0) is 48.2 Å². The number of nitrogens with zero attached hydrogens (tertiary/aromatic N) is 2. The minimum absolute atomic E-state index is 0.0457. The SMILES string of the molecule is CNC(=O)[C@@H](Cc1ccccc1)N(Cc1ccccc1C)C(=O)CCCN(c1ccc(OC)c(Cl)c1)S(C)(=O)=O. The molecule has 0 saturated heterocycles. The molecule has 0 spiro atoms. The number of hydrogen-bond donors (Lipinski definition) is 1. The van der Waals surface area contributed by atoms with Gasteiger partial charge in [0.15, 0.2) is 0 Å². The maximum atomic E-state index is 13.8. The van der Waals surface area contributed by atoms with Crippen molar-refractivity contribution in [1.82, 2.24) is 10.2 Å². The molecular weight excluding hydrogens is 550 g/mol. The van der Waals surface area contributed by atoms with Crippen molar-refractivity contribution in [2.75, 3.05) is 31.3 Å². The Balaban J connectivity index is 1.86. The molecule has 0 radical (unpaired) electrons. The summed E-state index contributed by atoms with van der Waals surface area (Å²) in [4.78, 5) is 28.5. The Labute approximate surface area is 241 Å². The molecule has 10 heteroatoms. The highest BCUT2D eigenvalue weighted by molar-refractivity contribution is 7.92. The van der Waals surface area contributed by atoms with Gasteiger partial charge in [-0.2, -0.15) is 0 Å². The van der Waals surface area contributed by atoms with E-state index in [1.165, 1.54) is 17.5 Å². The van der Waals surface area contributed by atoms with Gasteiger partial charge in [0.1, 0.15) is 11.8 Å². The topological polar surface area (TPSA) is 96.0 Å². The lowest BCUT2D eigenvalue weighted by Gasteiger charge is -2.32. The molecule has 0 heterocycles. The summed E-state index contributed by atoms with van der Waals surface area (Å²) < 4.78 is 31.6. The Morgan fingerprint density at radius 3 is 2.30 bits per heavy atom. The second-order valence-electron chi connectivity index (χ2n) is 9.53. The molecule has 0 aliphatic rings. The number of carbonyl (C=O) groups is 2. The van der Waals surface area contributed by atoms with Crippen LogP contribution in [-0.2, 0) is 32.6 Å². The van der Waals surface area contributed by atoms with E-state index in [9.17, 15) is 18.0 Å². The number of methoxy groups -OCH3 is 1. The highest BCUT2D eigenvalue weighted by Gasteiger charge is 2.30. The molecule has 1 N–H and O–H groups in total. The van der Waals surface area contributed by atoms with Crippen LogP contribution >= 0.6 is 11.6 Å². The van der Waals surface area contributed by atoms with Crippen molar-refractivity contribution in [2.45, 2.75) is 38.8 Å². The number of benzene rings is 3. The van der Waals surface area contributed by atoms with Crippen LogP contribution in [0.2, 0.25) is 5.02 Å². The average Bonchev–Trinajstić information content (AvgIpc) is 2.93. The molecule has 0 aliphatic carbocycles. The Bertz CT molecular complexity index is 1420. The van der Waals surface area contributed by atoms with Gasteiger partial charge in [-0.25, -0.2) is 8.42 Å². The van der Waals surface area contributed by atoms with Crippen molar-refractivity contribution in [2.24, 2.45) is 0 Å². The zero-order valence-corrected chi connectivity index (χ0v) is 24.8. The van der Waals surface area contributed by atoms with E-state index in [0.717, 1.165) is 22.9 Å². The molecule has 3 aromatic rings. The molecule has 0 fully saturated rings. The zero-order valence-electron chi connectivity index (χ0n) is 23.3. The summed E-state index contributed by atoms with van der Waals surface area (Å²) >= 11 is 6.24. The number of nitrogens with one attached hydrogen (secondary N) is 1. The van der Waals surface area contributed by atoms with Crippen LogP contribution in [0.4, 0.5) is 5.69 Å². The second-order valence-corrected chi connectivity index (χ2v) is 11.8. The van der Waals surface area contributed by atoms with Gasteiger partial charge >= 0.3 is 0 Å². The molecule has 0 saturated carbocycles. The van der Waals surface area contributed by atoms with Crippen LogP contribution in [0.1, 0.15) is 29.5 Å². The summed E-state index contributed by atoms with van der Waals surface area (Å²) in [5.74, 6) is -0.0787. The summed E-state index contributed by atoms with van der Waals surface area (Å²) in [6.07, 6.45) is 1.74. The van der Waals surface area contributed by atoms with Crippen molar-refractivity contribution in [3.8, 4) is 5.75 Å². The predicted molar refractivity (Wildman–Crippen MR) is 159 cm³/mol. The highest BCUT2D eigenvalue weighted by atomic mass is 35.5. The van der Waals surface area contributed by atoms with Crippen molar-refractivity contribution in [3.63, 3.8) is 0 Å². The Kier molecular flexibility index (Phi) is 11.0. The highest BCUT2D eigenvalue weighted by Crippen LogP contribution is 2.30. The number of ether oxygens (including phenoxy) is 1. The maximum absolute atomic E-state index is 13.8. The number of anilines is 1. The number of hydrogen-bond acceptors (Lipinski definition) is 5. The van der Waals surface area contributed by atoms with E-state index in [1.54, 1.807) is 24.1 Å². The molecule has 3 rings (SSSR count). The Morgan fingerprint density at radius 1 is 1.02 bits per heavy atom. The van der Waals surface area contributed by atoms with Crippen molar-refractivity contribution < 1.29 is 22.7 Å². The lowest BCUT2D eigenvalue weighted by Crippen LogP contribution is -2.50. The molecule has 0 aromatic heterocycles. The lowest BCUT2D eigenvalue weighted by atomic mass is 10.0. The zero-order chi connectivity index (χ0) is 29.3. The van der Waals surface area contributed by atoms with E-state index >= 15 is 0 Å². The number of likely N-dealkylation sites (N-methyl/N-ethyl adjacent to an activating group) is 1. The van der Waals surface area contributed by atoms with E-state index in [-0.39, 0.29) is 42.8 Å². The van der Waals surface area contributed by atoms with Crippen LogP contribution in [0.5, 0.6) is 5.75 Å². The van der Waals surface area contributed by atoms with Crippen LogP contribution in [0.25, 0.3) is 0 Å². The minimum atomic E-state index is -3.66. The number of rotatable bonds is 13. The molecule has 214 valence electrons. The average molecular weight is 586 g/mol. The molecule has 3 aromatic carbocycles. The lowest BCUT2D eigenvalue weighted by molar-refractivity contribution is -0.141. The number of sulfonamides is 1. The van der Waals surface area contributed by atoms with Gasteiger partial charge in [0.25, 0.3) is 0 Å². The van der Waals surface area contributed by atoms with Gasteiger partial charge in [0.05, 0.1) is 24.1 Å². The van der Waals surface area contributed by atoms with Crippen LogP contribution in [0.3, 0.4) is 0 Å². The fraction of sp³-hybridized carbons (Fsp3) is 0.333. The molecule has 0 aliphatic heterocycles. The van der Waals surface area contributed by atoms with Crippen LogP contribution < -0.4 is 14.4 Å². The van der Waals surface area contributed by atoms with E-state index < -0.39 is 16.1 Å². The molecule has 2 amide bonds. The second kappa shape index (κ2) is 14.2. The molecule has 8 nitrogen and oxygen atoms in total. The number of amides is 2. The number of aryl methyl sites for hydroxylation is 1.